The van der Waals surface area contributed by atoms with Crippen LogP contribution in [0.2, 0.25) is 0 Å². The largest absolute Gasteiger partial charge is 0.507 e. The molecule has 0 aliphatic rings. The number of rotatable bonds is 3. The van der Waals surface area contributed by atoms with Crippen LogP contribution in [0.25, 0.3) is 0 Å². The molecule has 2 aromatic carbocycles. The Bertz CT molecular complexity index is 697. The van der Waals surface area contributed by atoms with Gasteiger partial charge in [-0.2, -0.15) is 0 Å². The third-order valence-electron chi connectivity index (χ3n) is 4.40. The Balaban J connectivity index is 2.47. The van der Waals surface area contributed by atoms with E-state index in [1.807, 2.05) is 14.1 Å². The summed E-state index contributed by atoms with van der Waals surface area (Å²) in [6.45, 7) is 12.8. The van der Waals surface area contributed by atoms with Crippen molar-refractivity contribution in [1.82, 2.24) is 0 Å². The highest BCUT2D eigenvalue weighted by Gasteiger charge is 2.26. The van der Waals surface area contributed by atoms with E-state index < -0.39 is 0 Å². The second-order valence-corrected chi connectivity index (χ2v) is 8.99. The third-order valence-corrected chi connectivity index (χ3v) is 4.40. The van der Waals surface area contributed by atoms with Crippen molar-refractivity contribution in [2.45, 2.75) is 52.4 Å². The van der Waals surface area contributed by atoms with Gasteiger partial charge in [0.15, 0.2) is 0 Å². The summed E-state index contributed by atoms with van der Waals surface area (Å²) in [6.07, 6.45) is 0. The molecule has 3 nitrogen and oxygen atoms in total. The molecule has 0 spiro atoms. The fourth-order valence-electron chi connectivity index (χ4n) is 2.86. The van der Waals surface area contributed by atoms with E-state index in [4.69, 9.17) is 0 Å². The number of nitrogens with one attached hydrogen (secondary N) is 1. The van der Waals surface area contributed by atoms with Crippen molar-refractivity contribution in [3.05, 3.63) is 47.5 Å². The molecule has 0 aliphatic heterocycles. The average Bonchev–Trinajstić information content (AvgIpc) is 2.47. The van der Waals surface area contributed by atoms with Gasteiger partial charge >= 0.3 is 0 Å². The highest BCUT2D eigenvalue weighted by Crippen LogP contribution is 2.41. The summed E-state index contributed by atoms with van der Waals surface area (Å²) in [6, 6.07) is 12.5. The monoisotopic (exact) mass is 340 g/mol. The van der Waals surface area contributed by atoms with Gasteiger partial charge < -0.3 is 15.3 Å². The standard InChI is InChI=1S/C22H32N2O/c1-21(2,3)18-13-16(14-19(20(18)25)22(4,5)6)23-15-9-11-17(12-10-15)24(7)8/h9-14,23,25H,1-8H3. The predicted octanol–water partition coefficient (Wildman–Crippen LogP) is 5.80. The van der Waals surface area contributed by atoms with Crippen LogP contribution in [0.1, 0.15) is 52.7 Å². The lowest BCUT2D eigenvalue weighted by Gasteiger charge is -2.28. The van der Waals surface area contributed by atoms with E-state index in [0.29, 0.717) is 5.75 Å². The van der Waals surface area contributed by atoms with Crippen LogP contribution in [0.3, 0.4) is 0 Å². The van der Waals surface area contributed by atoms with Gasteiger partial charge in [-0.15, -0.1) is 0 Å². The summed E-state index contributed by atoms with van der Waals surface area (Å²) in [5.74, 6) is 0.411. The number of hydrogen-bond donors (Lipinski definition) is 2. The molecular weight excluding hydrogens is 308 g/mol. The van der Waals surface area contributed by atoms with Crippen LogP contribution in [0.15, 0.2) is 36.4 Å². The van der Waals surface area contributed by atoms with Gasteiger partial charge in [0.2, 0.25) is 0 Å². The van der Waals surface area contributed by atoms with E-state index in [9.17, 15) is 5.11 Å². The SMILES string of the molecule is CN(C)c1ccc(Nc2cc(C(C)(C)C)c(O)c(C(C)(C)C)c2)cc1. The van der Waals surface area contributed by atoms with Crippen LogP contribution in [-0.4, -0.2) is 19.2 Å². The molecular formula is C22H32N2O. The van der Waals surface area contributed by atoms with Crippen molar-refractivity contribution in [1.29, 1.82) is 0 Å². The van der Waals surface area contributed by atoms with Gasteiger partial charge in [-0.25, -0.2) is 0 Å². The average molecular weight is 341 g/mol. The van der Waals surface area contributed by atoms with Crippen LogP contribution in [-0.2, 0) is 10.8 Å². The fourth-order valence-corrected chi connectivity index (χ4v) is 2.86. The summed E-state index contributed by atoms with van der Waals surface area (Å²) >= 11 is 0. The van der Waals surface area contributed by atoms with Crippen molar-refractivity contribution >= 4 is 17.1 Å². The lowest BCUT2D eigenvalue weighted by Crippen LogP contribution is -2.17. The van der Waals surface area contributed by atoms with Crippen molar-refractivity contribution in [2.24, 2.45) is 0 Å². The highest BCUT2D eigenvalue weighted by molar-refractivity contribution is 5.67. The molecule has 2 aromatic rings. The first-order valence-electron chi connectivity index (χ1n) is 8.82. The van der Waals surface area contributed by atoms with Crippen molar-refractivity contribution < 1.29 is 5.11 Å². The smallest absolute Gasteiger partial charge is 0.123 e. The second-order valence-electron chi connectivity index (χ2n) is 8.99. The predicted molar refractivity (Wildman–Crippen MR) is 110 cm³/mol. The molecule has 0 saturated heterocycles. The van der Waals surface area contributed by atoms with Gasteiger partial charge in [0, 0.05) is 42.3 Å². The molecule has 0 amide bonds. The van der Waals surface area contributed by atoms with E-state index >= 15 is 0 Å². The maximum atomic E-state index is 10.8. The minimum absolute atomic E-state index is 0.128. The Morgan fingerprint density at radius 2 is 1.20 bits per heavy atom. The van der Waals surface area contributed by atoms with Gasteiger partial charge in [0.1, 0.15) is 5.75 Å². The molecule has 0 aromatic heterocycles. The van der Waals surface area contributed by atoms with Crippen LogP contribution < -0.4 is 10.2 Å². The maximum Gasteiger partial charge on any atom is 0.123 e. The second kappa shape index (κ2) is 6.62. The molecule has 25 heavy (non-hydrogen) atoms. The number of aromatic hydroxyl groups is 1. The van der Waals surface area contributed by atoms with Crippen LogP contribution in [0.5, 0.6) is 5.75 Å². The van der Waals surface area contributed by atoms with Gasteiger partial charge in [-0.05, 0) is 47.2 Å². The third kappa shape index (κ3) is 4.47. The van der Waals surface area contributed by atoms with Crippen LogP contribution >= 0.6 is 0 Å². The number of phenols is 1. The Hall–Kier alpha value is -2.16. The highest BCUT2D eigenvalue weighted by atomic mass is 16.3. The zero-order chi connectivity index (χ0) is 19.0. The van der Waals surface area contributed by atoms with E-state index in [1.54, 1.807) is 0 Å². The molecule has 136 valence electrons. The zero-order valence-electron chi connectivity index (χ0n) is 16.9. The maximum absolute atomic E-state index is 10.8. The van der Waals surface area contributed by atoms with Crippen LogP contribution in [0.4, 0.5) is 17.1 Å². The Kier molecular flexibility index (Phi) is 5.08. The van der Waals surface area contributed by atoms with Crippen molar-refractivity contribution in [2.75, 3.05) is 24.3 Å². The number of hydrogen-bond acceptors (Lipinski definition) is 3. The number of benzene rings is 2. The van der Waals surface area contributed by atoms with E-state index in [1.165, 1.54) is 5.69 Å². The normalized spacial score (nSPS) is 12.2. The Morgan fingerprint density at radius 1 is 0.760 bits per heavy atom. The first kappa shape index (κ1) is 19.2. The summed E-state index contributed by atoms with van der Waals surface area (Å²) in [7, 11) is 4.07. The molecule has 0 unspecified atom stereocenters. The first-order chi connectivity index (χ1) is 11.4. The number of nitrogens with zero attached hydrogens (tertiary/aromatic N) is 1. The molecule has 2 N–H and O–H groups in total. The molecule has 3 heteroatoms. The lowest BCUT2D eigenvalue weighted by atomic mass is 9.79. The summed E-state index contributed by atoms with van der Waals surface area (Å²) < 4.78 is 0. The molecule has 0 bridgehead atoms. The topological polar surface area (TPSA) is 35.5 Å². The van der Waals surface area contributed by atoms with Crippen molar-refractivity contribution in [3.63, 3.8) is 0 Å². The summed E-state index contributed by atoms with van der Waals surface area (Å²) in [5, 5.41) is 14.3. The molecule has 0 aliphatic carbocycles. The summed E-state index contributed by atoms with van der Waals surface area (Å²) in [5.41, 5.74) is 4.88. The lowest BCUT2D eigenvalue weighted by molar-refractivity contribution is 0.423. The van der Waals surface area contributed by atoms with E-state index in [-0.39, 0.29) is 10.8 Å². The van der Waals surface area contributed by atoms with Crippen molar-refractivity contribution in [3.8, 4) is 5.75 Å². The van der Waals surface area contributed by atoms with Gasteiger partial charge in [-0.1, -0.05) is 41.5 Å². The molecule has 0 atom stereocenters. The fraction of sp³-hybridized carbons (Fsp3) is 0.455. The van der Waals surface area contributed by atoms with Crippen LogP contribution in [0, 0.1) is 0 Å². The minimum Gasteiger partial charge on any atom is -0.507 e. The Morgan fingerprint density at radius 3 is 1.56 bits per heavy atom. The zero-order valence-corrected chi connectivity index (χ0v) is 16.9. The van der Waals surface area contributed by atoms with E-state index in [0.717, 1.165) is 22.5 Å². The number of phenolic OH excluding ortho intramolecular Hbond substituents is 1. The van der Waals surface area contributed by atoms with E-state index in [2.05, 4.69) is 88.2 Å². The quantitative estimate of drug-likeness (QED) is 0.693. The first-order valence-corrected chi connectivity index (χ1v) is 8.82. The molecule has 0 radical (unpaired) electrons. The van der Waals surface area contributed by atoms with Gasteiger partial charge in [0.25, 0.3) is 0 Å². The molecule has 0 heterocycles. The van der Waals surface area contributed by atoms with Gasteiger partial charge in [0.05, 0.1) is 0 Å². The molecule has 0 saturated carbocycles. The molecule has 2 rings (SSSR count). The number of anilines is 3. The minimum atomic E-state index is -0.128. The summed E-state index contributed by atoms with van der Waals surface area (Å²) in [4.78, 5) is 2.08. The van der Waals surface area contributed by atoms with Gasteiger partial charge in [-0.3, -0.25) is 0 Å². The molecule has 0 fully saturated rings. The Labute approximate surface area is 152 Å².